The van der Waals surface area contributed by atoms with Crippen molar-refractivity contribution in [2.24, 2.45) is 5.14 Å². The number of carbonyl (C=O) groups excluding carboxylic acids is 1. The third kappa shape index (κ3) is 4.29. The monoisotopic (exact) mass is 420 g/mol. The minimum absolute atomic E-state index is 0.0624. The first kappa shape index (κ1) is 20.2. The Hall–Kier alpha value is -2.56. The molecule has 8 nitrogen and oxygen atoms in total. The van der Waals surface area contributed by atoms with Gasteiger partial charge in [-0.05, 0) is 43.5 Å². The molecule has 3 rings (SSSR count). The van der Waals surface area contributed by atoms with E-state index in [-0.39, 0.29) is 10.8 Å². The van der Waals surface area contributed by atoms with Gasteiger partial charge in [-0.15, -0.1) is 11.3 Å². The molecule has 0 saturated heterocycles. The van der Waals surface area contributed by atoms with Crippen LogP contribution in [0.1, 0.15) is 27.7 Å². The van der Waals surface area contributed by atoms with Crippen LogP contribution in [-0.4, -0.2) is 37.4 Å². The second kappa shape index (κ2) is 8.21. The van der Waals surface area contributed by atoms with Gasteiger partial charge in [0.15, 0.2) is 0 Å². The summed E-state index contributed by atoms with van der Waals surface area (Å²) in [5.41, 5.74) is 1.68. The number of primary sulfonamides is 1. The van der Waals surface area contributed by atoms with E-state index in [1.807, 2.05) is 13.8 Å². The van der Waals surface area contributed by atoms with Crippen molar-refractivity contribution in [2.75, 3.05) is 13.2 Å². The number of carbonyl (C=O) groups is 1. The number of benzene rings is 1. The van der Waals surface area contributed by atoms with Gasteiger partial charge < -0.3 is 10.1 Å². The highest BCUT2D eigenvalue weighted by atomic mass is 32.2. The zero-order valence-corrected chi connectivity index (χ0v) is 17.1. The van der Waals surface area contributed by atoms with Gasteiger partial charge in [-0.25, -0.2) is 23.5 Å². The molecule has 0 saturated carbocycles. The lowest BCUT2D eigenvalue weighted by molar-refractivity contribution is 0.0957. The van der Waals surface area contributed by atoms with Crippen molar-refractivity contribution in [1.29, 1.82) is 0 Å². The molecule has 0 fully saturated rings. The van der Waals surface area contributed by atoms with Crippen LogP contribution in [0.5, 0.6) is 5.88 Å². The van der Waals surface area contributed by atoms with Gasteiger partial charge in [-0.2, -0.15) is 0 Å². The Morgan fingerprint density at radius 1 is 1.25 bits per heavy atom. The van der Waals surface area contributed by atoms with Gasteiger partial charge >= 0.3 is 0 Å². The van der Waals surface area contributed by atoms with Gasteiger partial charge in [-0.1, -0.05) is 12.1 Å². The third-order valence-corrected chi connectivity index (χ3v) is 6.26. The van der Waals surface area contributed by atoms with Crippen molar-refractivity contribution in [2.45, 2.75) is 25.2 Å². The number of amides is 1. The standard InChI is InChI=1S/C18H20N4O4S2/c1-3-26-17-14-11(2)15(27-18(14)22-10-21-17)16(23)20-9-8-12-4-6-13(7-5-12)28(19,24)25/h4-7,10H,3,8-9H2,1-2H3,(H,20,23)(H2,19,24,25). The molecule has 1 aromatic carbocycles. The molecule has 0 aliphatic heterocycles. The quantitative estimate of drug-likeness (QED) is 0.602. The fraction of sp³-hybridized carbons (Fsp3) is 0.278. The summed E-state index contributed by atoms with van der Waals surface area (Å²) in [7, 11) is -3.70. The molecule has 28 heavy (non-hydrogen) atoms. The topological polar surface area (TPSA) is 124 Å². The fourth-order valence-electron chi connectivity index (χ4n) is 2.75. The van der Waals surface area contributed by atoms with E-state index in [0.29, 0.717) is 35.2 Å². The van der Waals surface area contributed by atoms with Crippen LogP contribution >= 0.6 is 11.3 Å². The van der Waals surface area contributed by atoms with Gasteiger partial charge in [0.25, 0.3) is 5.91 Å². The summed E-state index contributed by atoms with van der Waals surface area (Å²) >= 11 is 1.30. The van der Waals surface area contributed by atoms with Gasteiger partial charge in [0, 0.05) is 6.54 Å². The molecule has 0 aliphatic carbocycles. The second-order valence-electron chi connectivity index (χ2n) is 6.04. The molecule has 0 spiro atoms. The van der Waals surface area contributed by atoms with Crippen LogP contribution < -0.4 is 15.2 Å². The summed E-state index contributed by atoms with van der Waals surface area (Å²) in [5, 5.41) is 8.73. The van der Waals surface area contributed by atoms with Crippen molar-refractivity contribution in [3.05, 3.63) is 46.6 Å². The van der Waals surface area contributed by atoms with Crippen molar-refractivity contribution in [1.82, 2.24) is 15.3 Å². The largest absolute Gasteiger partial charge is 0.477 e. The zero-order valence-electron chi connectivity index (χ0n) is 15.4. The zero-order chi connectivity index (χ0) is 20.3. The number of fused-ring (bicyclic) bond motifs is 1. The normalized spacial score (nSPS) is 11.5. The number of hydrogen-bond acceptors (Lipinski definition) is 7. The van der Waals surface area contributed by atoms with Crippen LogP contribution in [0, 0.1) is 6.92 Å². The van der Waals surface area contributed by atoms with E-state index in [1.165, 1.54) is 29.8 Å². The van der Waals surface area contributed by atoms with Gasteiger partial charge in [0.2, 0.25) is 15.9 Å². The number of nitrogens with two attached hydrogens (primary N) is 1. The van der Waals surface area contributed by atoms with Crippen LogP contribution in [0.2, 0.25) is 0 Å². The van der Waals surface area contributed by atoms with Crippen LogP contribution in [-0.2, 0) is 16.4 Å². The van der Waals surface area contributed by atoms with Gasteiger partial charge in [-0.3, -0.25) is 4.79 Å². The van der Waals surface area contributed by atoms with E-state index in [9.17, 15) is 13.2 Å². The average Bonchev–Trinajstić information content (AvgIpc) is 2.99. The molecule has 2 heterocycles. The molecule has 10 heteroatoms. The molecule has 3 N–H and O–H groups in total. The lowest BCUT2D eigenvalue weighted by Crippen LogP contribution is -2.25. The highest BCUT2D eigenvalue weighted by Crippen LogP contribution is 2.34. The fourth-order valence-corrected chi connectivity index (χ4v) is 4.32. The molecule has 0 atom stereocenters. The molecule has 0 radical (unpaired) electrons. The van der Waals surface area contributed by atoms with Crippen LogP contribution in [0.25, 0.3) is 10.2 Å². The minimum atomic E-state index is -3.70. The summed E-state index contributed by atoms with van der Waals surface area (Å²) in [5.74, 6) is 0.291. The first-order valence-electron chi connectivity index (χ1n) is 8.58. The first-order chi connectivity index (χ1) is 13.3. The maximum atomic E-state index is 12.6. The molecule has 3 aromatic rings. The first-order valence-corrected chi connectivity index (χ1v) is 10.9. The molecule has 148 valence electrons. The van der Waals surface area contributed by atoms with Crippen molar-refractivity contribution < 1.29 is 17.9 Å². The van der Waals surface area contributed by atoms with Crippen LogP contribution in [0.4, 0.5) is 0 Å². The number of ether oxygens (including phenoxy) is 1. The number of aromatic nitrogens is 2. The van der Waals surface area contributed by atoms with Gasteiger partial charge in [0.1, 0.15) is 11.2 Å². The molecule has 1 amide bonds. The summed E-state index contributed by atoms with van der Waals surface area (Å²) in [6.07, 6.45) is 1.99. The van der Waals surface area contributed by atoms with Crippen LogP contribution in [0.3, 0.4) is 0 Å². The molecule has 0 aliphatic rings. The van der Waals surface area contributed by atoms with Crippen LogP contribution in [0.15, 0.2) is 35.5 Å². The highest BCUT2D eigenvalue weighted by Gasteiger charge is 2.19. The number of hydrogen-bond donors (Lipinski definition) is 2. The molecule has 0 unspecified atom stereocenters. The number of thiophene rings is 1. The lowest BCUT2D eigenvalue weighted by Gasteiger charge is -2.06. The maximum absolute atomic E-state index is 12.6. The smallest absolute Gasteiger partial charge is 0.261 e. The summed E-state index contributed by atoms with van der Waals surface area (Å²) in [6, 6.07) is 6.27. The van der Waals surface area contributed by atoms with Crippen molar-refractivity contribution in [3.63, 3.8) is 0 Å². The molecule has 0 bridgehead atoms. The second-order valence-corrected chi connectivity index (χ2v) is 8.60. The Kier molecular flexibility index (Phi) is 5.92. The Morgan fingerprint density at radius 2 is 1.96 bits per heavy atom. The molecule has 2 aromatic heterocycles. The molecular formula is C18H20N4O4S2. The predicted octanol–water partition coefficient (Wildman–Crippen LogP) is 2.02. The van der Waals surface area contributed by atoms with E-state index in [2.05, 4.69) is 15.3 Å². The number of nitrogens with one attached hydrogen (secondary N) is 1. The highest BCUT2D eigenvalue weighted by molar-refractivity contribution is 7.89. The minimum Gasteiger partial charge on any atom is -0.477 e. The Balaban J connectivity index is 1.68. The molecular weight excluding hydrogens is 400 g/mol. The third-order valence-electron chi connectivity index (χ3n) is 4.13. The maximum Gasteiger partial charge on any atom is 0.261 e. The summed E-state index contributed by atoms with van der Waals surface area (Å²) in [6.45, 7) is 4.61. The van der Waals surface area contributed by atoms with E-state index >= 15 is 0 Å². The Morgan fingerprint density at radius 3 is 2.61 bits per heavy atom. The summed E-state index contributed by atoms with van der Waals surface area (Å²) in [4.78, 5) is 22.3. The lowest BCUT2D eigenvalue weighted by atomic mass is 10.1. The Labute approximate surface area is 166 Å². The van der Waals surface area contributed by atoms with E-state index < -0.39 is 10.0 Å². The number of aryl methyl sites for hydroxylation is 1. The average molecular weight is 421 g/mol. The predicted molar refractivity (Wildman–Crippen MR) is 107 cm³/mol. The van der Waals surface area contributed by atoms with E-state index in [4.69, 9.17) is 9.88 Å². The summed E-state index contributed by atoms with van der Waals surface area (Å²) < 4.78 is 28.1. The van der Waals surface area contributed by atoms with E-state index in [0.717, 1.165) is 16.5 Å². The number of rotatable bonds is 7. The van der Waals surface area contributed by atoms with Gasteiger partial charge in [0.05, 0.1) is 21.8 Å². The van der Waals surface area contributed by atoms with E-state index in [1.54, 1.807) is 12.1 Å². The number of sulfonamides is 1. The number of nitrogens with zero attached hydrogens (tertiary/aromatic N) is 2. The SMILES string of the molecule is CCOc1ncnc2sc(C(=O)NCCc3ccc(S(N)(=O)=O)cc3)c(C)c12. The Bertz CT molecular complexity index is 1110. The van der Waals surface area contributed by atoms with Crippen molar-refractivity contribution in [3.8, 4) is 5.88 Å². The van der Waals surface area contributed by atoms with Crippen molar-refractivity contribution >= 4 is 37.5 Å².